The molecule has 37 heavy (non-hydrogen) atoms. The quantitative estimate of drug-likeness (QED) is 0.528. The lowest BCUT2D eigenvalue weighted by Crippen LogP contribution is -2.44. The van der Waals surface area contributed by atoms with Crippen molar-refractivity contribution in [2.45, 2.75) is 44.2 Å². The molecule has 4 rings (SSSR count). The van der Waals surface area contributed by atoms with Crippen LogP contribution < -0.4 is 10.2 Å². The predicted octanol–water partition coefficient (Wildman–Crippen LogP) is 3.53. The van der Waals surface area contributed by atoms with Crippen LogP contribution in [0.25, 0.3) is 11.0 Å². The summed E-state index contributed by atoms with van der Waals surface area (Å²) in [6.45, 7) is 6.61. The molecule has 4 amide bonds. The Morgan fingerprint density at radius 3 is 2.43 bits per heavy atom. The van der Waals surface area contributed by atoms with Crippen molar-refractivity contribution in [3.63, 3.8) is 0 Å². The maximum absolute atomic E-state index is 13.3. The molecule has 0 unspecified atom stereocenters. The van der Waals surface area contributed by atoms with E-state index in [1.54, 1.807) is 39.0 Å². The molecule has 2 aromatic heterocycles. The first kappa shape index (κ1) is 26.4. The fraction of sp³-hybridized carbons (Fsp3) is 0.333. The van der Waals surface area contributed by atoms with Crippen molar-refractivity contribution in [2.24, 2.45) is 0 Å². The number of urea groups is 1. The molecule has 1 aromatic carbocycles. The van der Waals surface area contributed by atoms with Gasteiger partial charge in [-0.3, -0.25) is 9.69 Å². The van der Waals surface area contributed by atoms with Crippen molar-refractivity contribution in [3.05, 3.63) is 53.2 Å². The number of imide groups is 1. The Morgan fingerprint density at radius 1 is 1.16 bits per heavy atom. The molecule has 11 nitrogen and oxygen atoms in total. The second kappa shape index (κ2) is 9.34. The average molecular weight is 548 g/mol. The van der Waals surface area contributed by atoms with E-state index in [1.807, 2.05) is 6.92 Å². The van der Waals surface area contributed by atoms with Gasteiger partial charge < -0.3 is 10.1 Å². The van der Waals surface area contributed by atoms with Crippen LogP contribution in [0.3, 0.4) is 0 Å². The first-order valence-electron chi connectivity index (χ1n) is 11.3. The lowest BCUT2D eigenvalue weighted by atomic mass is 10.2. The van der Waals surface area contributed by atoms with Crippen molar-refractivity contribution in [1.82, 2.24) is 19.2 Å². The number of amides is 4. The fourth-order valence-corrected chi connectivity index (χ4v) is 5.34. The van der Waals surface area contributed by atoms with Crippen molar-refractivity contribution in [1.29, 1.82) is 0 Å². The van der Waals surface area contributed by atoms with E-state index in [4.69, 9.17) is 16.3 Å². The third kappa shape index (κ3) is 5.12. The molecule has 1 saturated heterocycles. The van der Waals surface area contributed by atoms with Gasteiger partial charge in [-0.05, 0) is 52.0 Å². The Morgan fingerprint density at radius 2 is 1.81 bits per heavy atom. The molecule has 1 fully saturated rings. The minimum Gasteiger partial charge on any atom is -0.443 e. The molecule has 0 bridgehead atoms. The normalized spacial score (nSPS) is 16.1. The summed E-state index contributed by atoms with van der Waals surface area (Å²) in [5.41, 5.74) is 0.123. The summed E-state index contributed by atoms with van der Waals surface area (Å²) < 4.78 is 32.8. The summed E-state index contributed by atoms with van der Waals surface area (Å²) in [4.78, 5) is 44.2. The van der Waals surface area contributed by atoms with Crippen LogP contribution in [0.4, 0.5) is 15.4 Å². The topological polar surface area (TPSA) is 131 Å². The Hall–Kier alpha value is -3.64. The van der Waals surface area contributed by atoms with Gasteiger partial charge in [-0.2, -0.15) is 0 Å². The summed E-state index contributed by atoms with van der Waals surface area (Å²) >= 11 is 6.30. The first-order chi connectivity index (χ1) is 17.2. The summed E-state index contributed by atoms with van der Waals surface area (Å²) in [5, 5.41) is 3.03. The number of ether oxygens (including phenoxy) is 1. The molecule has 1 aliphatic heterocycles. The second-order valence-electron chi connectivity index (χ2n) is 9.62. The number of anilines is 1. The number of halogens is 1. The SMILES string of the molecule is Cc1ccc(S(=O)(=O)n2cc(Cl)c3ccc(N(C)C(=O)[C@@H]4CN(C(=O)OC(C)(C)C)C(=O)N4)nc32)cc1. The molecule has 1 aliphatic rings. The van der Waals surface area contributed by atoms with Gasteiger partial charge >= 0.3 is 12.1 Å². The van der Waals surface area contributed by atoms with Crippen LogP contribution in [0.2, 0.25) is 5.02 Å². The van der Waals surface area contributed by atoms with Gasteiger partial charge in [0.25, 0.3) is 15.9 Å². The van der Waals surface area contributed by atoms with Gasteiger partial charge in [0.2, 0.25) is 0 Å². The molecule has 13 heteroatoms. The second-order valence-corrected chi connectivity index (χ2v) is 11.8. The fourth-order valence-electron chi connectivity index (χ4n) is 3.72. The zero-order valence-corrected chi connectivity index (χ0v) is 22.4. The van der Waals surface area contributed by atoms with E-state index in [2.05, 4.69) is 10.3 Å². The predicted molar refractivity (Wildman–Crippen MR) is 137 cm³/mol. The minimum atomic E-state index is -4.03. The molecule has 196 valence electrons. The summed E-state index contributed by atoms with van der Waals surface area (Å²) in [6.07, 6.45) is 0.395. The van der Waals surface area contributed by atoms with Gasteiger partial charge in [0, 0.05) is 18.6 Å². The number of likely N-dealkylation sites (N-methyl/N-ethyl adjacent to an activating group) is 1. The molecule has 0 saturated carbocycles. The Labute approximate surface area is 219 Å². The number of nitrogens with one attached hydrogen (secondary N) is 1. The summed E-state index contributed by atoms with van der Waals surface area (Å²) in [5.74, 6) is -0.436. The molecule has 0 spiro atoms. The number of carbonyl (C=O) groups excluding carboxylic acids is 3. The number of carbonyl (C=O) groups is 3. The van der Waals surface area contributed by atoms with Gasteiger partial charge in [0.05, 0.1) is 16.5 Å². The van der Waals surface area contributed by atoms with Crippen LogP contribution in [0.5, 0.6) is 0 Å². The zero-order valence-electron chi connectivity index (χ0n) is 20.9. The number of hydrogen-bond donors (Lipinski definition) is 1. The Kier molecular flexibility index (Phi) is 6.67. The van der Waals surface area contributed by atoms with Crippen LogP contribution in [0.1, 0.15) is 26.3 Å². The number of benzene rings is 1. The van der Waals surface area contributed by atoms with Crippen molar-refractivity contribution >= 4 is 56.5 Å². The van der Waals surface area contributed by atoms with E-state index in [0.717, 1.165) is 14.4 Å². The lowest BCUT2D eigenvalue weighted by Gasteiger charge is -2.23. The molecule has 0 radical (unpaired) electrons. The highest BCUT2D eigenvalue weighted by Gasteiger charge is 2.40. The van der Waals surface area contributed by atoms with Gasteiger partial charge in [-0.1, -0.05) is 29.3 Å². The minimum absolute atomic E-state index is 0.0357. The molecular weight excluding hydrogens is 522 g/mol. The largest absolute Gasteiger partial charge is 0.443 e. The molecule has 3 aromatic rings. The van der Waals surface area contributed by atoms with Crippen LogP contribution in [-0.4, -0.2) is 65.5 Å². The number of aryl methyl sites for hydroxylation is 1. The van der Waals surface area contributed by atoms with Crippen LogP contribution in [0, 0.1) is 6.92 Å². The van der Waals surface area contributed by atoms with Crippen molar-refractivity contribution < 1.29 is 27.5 Å². The highest BCUT2D eigenvalue weighted by Crippen LogP contribution is 2.30. The number of rotatable bonds is 4. The van der Waals surface area contributed by atoms with Crippen molar-refractivity contribution in [2.75, 3.05) is 18.5 Å². The third-order valence-corrected chi connectivity index (χ3v) is 7.59. The number of aromatic nitrogens is 2. The van der Waals surface area contributed by atoms with E-state index in [0.29, 0.717) is 5.39 Å². The monoisotopic (exact) mass is 547 g/mol. The van der Waals surface area contributed by atoms with Crippen molar-refractivity contribution in [3.8, 4) is 0 Å². The maximum Gasteiger partial charge on any atom is 0.418 e. The van der Waals surface area contributed by atoms with Crippen LogP contribution >= 0.6 is 11.6 Å². The number of nitrogens with zero attached hydrogens (tertiary/aromatic N) is 4. The highest BCUT2D eigenvalue weighted by atomic mass is 35.5. The van der Waals surface area contributed by atoms with Crippen LogP contribution in [-0.2, 0) is 19.6 Å². The van der Waals surface area contributed by atoms with Gasteiger partial charge in [0.15, 0.2) is 5.65 Å². The molecule has 1 atom stereocenters. The smallest absolute Gasteiger partial charge is 0.418 e. The zero-order chi connectivity index (χ0) is 27.3. The van der Waals surface area contributed by atoms with E-state index >= 15 is 0 Å². The van der Waals surface area contributed by atoms with Gasteiger partial charge in [0.1, 0.15) is 17.5 Å². The third-order valence-electron chi connectivity index (χ3n) is 5.63. The van der Waals surface area contributed by atoms with E-state index in [1.165, 1.54) is 36.3 Å². The number of pyridine rings is 1. The van der Waals surface area contributed by atoms with Gasteiger partial charge in [-0.15, -0.1) is 0 Å². The maximum atomic E-state index is 13.3. The lowest BCUT2D eigenvalue weighted by molar-refractivity contribution is -0.119. The molecule has 0 aliphatic carbocycles. The Balaban J connectivity index is 1.62. The van der Waals surface area contributed by atoms with Crippen LogP contribution in [0.15, 0.2) is 47.5 Å². The number of fused-ring (bicyclic) bond motifs is 1. The standard InChI is InChI=1S/C24H26ClN5O6S/c1-14-6-8-15(9-7-14)37(34,35)30-12-17(25)16-10-11-19(27-20(16)30)28(5)21(31)18-13-29(22(32)26-18)23(33)36-24(2,3)4/h6-12,18H,13H2,1-5H3,(H,26,32)/t18-/m0/s1. The number of hydrogen-bond acceptors (Lipinski definition) is 7. The van der Waals surface area contributed by atoms with E-state index < -0.39 is 39.7 Å². The summed E-state index contributed by atoms with van der Waals surface area (Å²) in [6, 6.07) is 7.61. The Bertz CT molecular complexity index is 1510. The molecular formula is C24H26ClN5O6S. The molecule has 3 heterocycles. The van der Waals surface area contributed by atoms with E-state index in [-0.39, 0.29) is 27.9 Å². The van der Waals surface area contributed by atoms with E-state index in [9.17, 15) is 22.8 Å². The average Bonchev–Trinajstić information content (AvgIpc) is 3.37. The highest BCUT2D eigenvalue weighted by molar-refractivity contribution is 7.90. The van der Waals surface area contributed by atoms with Gasteiger partial charge in [-0.25, -0.2) is 31.9 Å². The molecule has 1 N–H and O–H groups in total. The summed E-state index contributed by atoms with van der Waals surface area (Å²) in [7, 11) is -2.60. The first-order valence-corrected chi connectivity index (χ1v) is 13.1.